The zero-order chi connectivity index (χ0) is 16.8. The highest BCUT2D eigenvalue weighted by atomic mass is 16.5. The molecule has 0 saturated carbocycles. The van der Waals surface area contributed by atoms with Crippen molar-refractivity contribution < 1.29 is 14.6 Å². The maximum absolute atomic E-state index is 12.3. The van der Waals surface area contributed by atoms with Gasteiger partial charge in [0.1, 0.15) is 5.75 Å². The summed E-state index contributed by atoms with van der Waals surface area (Å²) in [6.07, 6.45) is 0.176. The fourth-order valence-corrected chi connectivity index (χ4v) is 3.04. The number of nitrogens with zero attached hydrogens (tertiary/aromatic N) is 1. The lowest BCUT2D eigenvalue weighted by molar-refractivity contribution is -0.125. The summed E-state index contributed by atoms with van der Waals surface area (Å²) in [6, 6.07) is 7.28. The number of carbonyl (C=O) groups excluding carboxylic acids is 1. The van der Waals surface area contributed by atoms with Crippen LogP contribution in [0.15, 0.2) is 24.3 Å². The van der Waals surface area contributed by atoms with E-state index < -0.39 is 6.10 Å². The predicted molar refractivity (Wildman–Crippen MR) is 90.3 cm³/mol. The molecule has 1 heterocycles. The third kappa shape index (κ3) is 5.22. The first-order valence-corrected chi connectivity index (χ1v) is 8.31. The lowest BCUT2D eigenvalue weighted by Crippen LogP contribution is -2.35. The minimum Gasteiger partial charge on any atom is -0.497 e. The molecule has 0 bridgehead atoms. The van der Waals surface area contributed by atoms with Crippen molar-refractivity contribution in [2.45, 2.75) is 26.4 Å². The smallest absolute Gasteiger partial charge is 0.224 e. The Kier molecular flexibility index (Phi) is 6.42. The van der Waals surface area contributed by atoms with Gasteiger partial charge >= 0.3 is 0 Å². The molecule has 128 valence electrons. The largest absolute Gasteiger partial charge is 0.497 e. The van der Waals surface area contributed by atoms with E-state index >= 15 is 0 Å². The van der Waals surface area contributed by atoms with E-state index in [4.69, 9.17) is 4.74 Å². The van der Waals surface area contributed by atoms with Crippen LogP contribution in [0.4, 0.5) is 0 Å². The van der Waals surface area contributed by atoms with Crippen molar-refractivity contribution in [3.8, 4) is 5.75 Å². The highest BCUT2D eigenvalue weighted by Gasteiger charge is 2.28. The van der Waals surface area contributed by atoms with Gasteiger partial charge in [0.15, 0.2) is 0 Å². The summed E-state index contributed by atoms with van der Waals surface area (Å²) in [5, 5.41) is 13.1. The van der Waals surface area contributed by atoms with Gasteiger partial charge in [-0.1, -0.05) is 26.0 Å². The number of hydrogen-bond acceptors (Lipinski definition) is 4. The predicted octanol–water partition coefficient (Wildman–Crippen LogP) is 1.82. The average molecular weight is 320 g/mol. The van der Waals surface area contributed by atoms with Crippen LogP contribution in [0, 0.1) is 11.8 Å². The molecule has 2 atom stereocenters. The molecule has 5 nitrogen and oxygen atoms in total. The molecule has 5 heteroatoms. The van der Waals surface area contributed by atoms with Gasteiger partial charge in [0.25, 0.3) is 0 Å². The van der Waals surface area contributed by atoms with Gasteiger partial charge in [0.05, 0.1) is 19.1 Å². The van der Waals surface area contributed by atoms with Crippen LogP contribution < -0.4 is 10.1 Å². The number of methoxy groups -OCH3 is 1. The summed E-state index contributed by atoms with van der Waals surface area (Å²) < 4.78 is 5.15. The maximum Gasteiger partial charge on any atom is 0.224 e. The highest BCUT2D eigenvalue weighted by molar-refractivity contribution is 5.79. The SMILES string of the molecule is COc1cccc(C(O)CNC(=O)C2CCN(CC(C)C)C2)c1. The van der Waals surface area contributed by atoms with Crippen molar-refractivity contribution in [2.24, 2.45) is 11.8 Å². The quantitative estimate of drug-likeness (QED) is 0.804. The van der Waals surface area contributed by atoms with Gasteiger partial charge in [-0.2, -0.15) is 0 Å². The van der Waals surface area contributed by atoms with E-state index in [-0.39, 0.29) is 18.4 Å². The van der Waals surface area contributed by atoms with Gasteiger partial charge in [-0.05, 0) is 36.6 Å². The van der Waals surface area contributed by atoms with Crippen molar-refractivity contribution in [1.82, 2.24) is 10.2 Å². The zero-order valence-corrected chi connectivity index (χ0v) is 14.3. The van der Waals surface area contributed by atoms with Gasteiger partial charge in [-0.25, -0.2) is 0 Å². The summed E-state index contributed by atoms with van der Waals surface area (Å²) >= 11 is 0. The Morgan fingerprint density at radius 1 is 1.48 bits per heavy atom. The minimum absolute atomic E-state index is 0.0336. The number of aliphatic hydroxyl groups is 1. The van der Waals surface area contributed by atoms with Crippen LogP contribution in [0.25, 0.3) is 0 Å². The second-order valence-electron chi connectivity index (χ2n) is 6.68. The first-order chi connectivity index (χ1) is 11.0. The number of likely N-dealkylation sites (tertiary alicyclic amines) is 1. The van der Waals surface area contributed by atoms with E-state index in [1.165, 1.54) is 0 Å². The number of amides is 1. The molecule has 1 saturated heterocycles. The first kappa shape index (κ1) is 17.8. The van der Waals surface area contributed by atoms with Crippen molar-refractivity contribution in [2.75, 3.05) is 33.3 Å². The summed E-state index contributed by atoms with van der Waals surface area (Å²) in [6.45, 7) is 7.45. The van der Waals surface area contributed by atoms with Gasteiger partial charge < -0.3 is 20.1 Å². The normalized spacial score (nSPS) is 19.8. The second-order valence-corrected chi connectivity index (χ2v) is 6.68. The highest BCUT2D eigenvalue weighted by Crippen LogP contribution is 2.20. The van der Waals surface area contributed by atoms with E-state index in [9.17, 15) is 9.90 Å². The fourth-order valence-electron chi connectivity index (χ4n) is 3.04. The van der Waals surface area contributed by atoms with E-state index in [0.717, 1.165) is 31.6 Å². The lowest BCUT2D eigenvalue weighted by atomic mass is 10.1. The number of hydrogen-bond donors (Lipinski definition) is 2. The standard InChI is InChI=1S/C18H28N2O3/c1-13(2)11-20-8-7-15(12-20)18(22)19-10-17(21)14-5-4-6-16(9-14)23-3/h4-6,9,13,15,17,21H,7-8,10-12H2,1-3H3,(H,19,22). The molecule has 0 aromatic heterocycles. The minimum atomic E-state index is -0.720. The molecule has 0 aliphatic carbocycles. The Morgan fingerprint density at radius 2 is 2.26 bits per heavy atom. The summed E-state index contributed by atoms with van der Waals surface area (Å²) in [4.78, 5) is 14.6. The molecule has 1 aromatic rings. The number of benzene rings is 1. The molecule has 1 aliphatic heterocycles. The van der Waals surface area contributed by atoms with Crippen LogP contribution in [0.1, 0.15) is 31.9 Å². The van der Waals surface area contributed by atoms with Crippen molar-refractivity contribution in [3.63, 3.8) is 0 Å². The van der Waals surface area contributed by atoms with Crippen LogP contribution >= 0.6 is 0 Å². The molecular formula is C18H28N2O3. The molecular weight excluding hydrogens is 292 g/mol. The molecule has 1 aliphatic rings. The topological polar surface area (TPSA) is 61.8 Å². The van der Waals surface area contributed by atoms with Gasteiger partial charge in [0.2, 0.25) is 5.91 Å². The Morgan fingerprint density at radius 3 is 2.96 bits per heavy atom. The molecule has 1 amide bonds. The van der Waals surface area contributed by atoms with Crippen LogP contribution in [0.2, 0.25) is 0 Å². The fraction of sp³-hybridized carbons (Fsp3) is 0.611. The number of aliphatic hydroxyl groups excluding tert-OH is 1. The second kappa shape index (κ2) is 8.31. The summed E-state index contributed by atoms with van der Waals surface area (Å²) in [5.74, 6) is 1.39. The molecule has 0 spiro atoms. The van der Waals surface area contributed by atoms with Crippen molar-refractivity contribution in [1.29, 1.82) is 0 Å². The summed E-state index contributed by atoms with van der Waals surface area (Å²) in [5.41, 5.74) is 0.748. The Labute approximate surface area is 138 Å². The van der Waals surface area contributed by atoms with Crippen molar-refractivity contribution >= 4 is 5.91 Å². The van der Waals surface area contributed by atoms with Crippen LogP contribution in [0.3, 0.4) is 0 Å². The lowest BCUT2D eigenvalue weighted by Gasteiger charge is -2.18. The third-order valence-corrected chi connectivity index (χ3v) is 4.21. The first-order valence-electron chi connectivity index (χ1n) is 8.31. The van der Waals surface area contributed by atoms with Gasteiger partial charge in [-0.15, -0.1) is 0 Å². The molecule has 0 radical (unpaired) electrons. The molecule has 2 rings (SSSR count). The van der Waals surface area contributed by atoms with E-state index in [1.54, 1.807) is 13.2 Å². The molecule has 23 heavy (non-hydrogen) atoms. The van der Waals surface area contributed by atoms with Gasteiger partial charge in [0, 0.05) is 19.6 Å². The average Bonchev–Trinajstić information content (AvgIpc) is 3.00. The third-order valence-electron chi connectivity index (χ3n) is 4.21. The number of rotatable bonds is 7. The van der Waals surface area contributed by atoms with Crippen LogP contribution in [0.5, 0.6) is 5.75 Å². The maximum atomic E-state index is 12.3. The van der Waals surface area contributed by atoms with E-state index in [2.05, 4.69) is 24.1 Å². The Hall–Kier alpha value is -1.59. The molecule has 1 aromatic carbocycles. The van der Waals surface area contributed by atoms with E-state index in [1.807, 2.05) is 18.2 Å². The molecule has 2 unspecified atom stereocenters. The summed E-state index contributed by atoms with van der Waals surface area (Å²) in [7, 11) is 1.59. The monoisotopic (exact) mass is 320 g/mol. The van der Waals surface area contributed by atoms with E-state index in [0.29, 0.717) is 11.7 Å². The van der Waals surface area contributed by atoms with Crippen LogP contribution in [-0.4, -0.2) is 49.2 Å². The van der Waals surface area contributed by atoms with Crippen molar-refractivity contribution in [3.05, 3.63) is 29.8 Å². The molecule has 2 N–H and O–H groups in total. The van der Waals surface area contributed by atoms with Gasteiger partial charge in [-0.3, -0.25) is 4.79 Å². The Bertz CT molecular complexity index is 519. The number of ether oxygens (including phenoxy) is 1. The zero-order valence-electron chi connectivity index (χ0n) is 14.3. The Balaban J connectivity index is 1.80. The number of carbonyl (C=O) groups is 1. The number of nitrogens with one attached hydrogen (secondary N) is 1. The molecule has 1 fully saturated rings. The van der Waals surface area contributed by atoms with Crippen LogP contribution in [-0.2, 0) is 4.79 Å².